The first-order valence-corrected chi connectivity index (χ1v) is 5.57. The van der Waals surface area contributed by atoms with Crippen LogP contribution < -0.4 is 0 Å². The second-order valence-corrected chi connectivity index (χ2v) is 5.79. The maximum absolute atomic E-state index is 4.41. The molecule has 2 unspecified atom stereocenters. The SMILES string of the molecule is CC1C=C(Br)C=NCC1C(C)(C)C. The molecule has 0 amide bonds. The number of halogens is 1. The molecule has 1 aliphatic rings. The highest BCUT2D eigenvalue weighted by molar-refractivity contribution is 9.12. The summed E-state index contributed by atoms with van der Waals surface area (Å²) in [6, 6.07) is 0. The van der Waals surface area contributed by atoms with E-state index >= 15 is 0 Å². The van der Waals surface area contributed by atoms with E-state index in [0.717, 1.165) is 11.0 Å². The maximum atomic E-state index is 4.41. The van der Waals surface area contributed by atoms with Crippen molar-refractivity contribution in [2.24, 2.45) is 22.2 Å². The number of rotatable bonds is 0. The van der Waals surface area contributed by atoms with Crippen LogP contribution in [0.1, 0.15) is 27.7 Å². The average molecular weight is 244 g/mol. The lowest BCUT2D eigenvalue weighted by Gasteiger charge is -2.32. The van der Waals surface area contributed by atoms with Gasteiger partial charge in [-0.05, 0) is 33.2 Å². The standard InChI is InChI=1S/C11H18BrN/c1-8-5-9(12)6-13-7-10(8)11(2,3)4/h5-6,8,10H,7H2,1-4H3. The summed E-state index contributed by atoms with van der Waals surface area (Å²) in [5, 5.41) is 0. The molecule has 1 heterocycles. The molecule has 0 spiro atoms. The molecule has 1 rings (SSSR count). The third-order valence-corrected chi connectivity index (χ3v) is 3.15. The van der Waals surface area contributed by atoms with E-state index in [1.807, 2.05) is 6.21 Å². The molecule has 0 aliphatic carbocycles. The van der Waals surface area contributed by atoms with Crippen LogP contribution in [0.4, 0.5) is 0 Å². The lowest BCUT2D eigenvalue weighted by molar-refractivity contribution is 0.203. The summed E-state index contributed by atoms with van der Waals surface area (Å²) in [5.74, 6) is 1.23. The molecule has 74 valence electrons. The van der Waals surface area contributed by atoms with Gasteiger partial charge >= 0.3 is 0 Å². The number of nitrogens with zero attached hydrogens (tertiary/aromatic N) is 1. The van der Waals surface area contributed by atoms with Crippen LogP contribution in [0.3, 0.4) is 0 Å². The van der Waals surface area contributed by atoms with Gasteiger partial charge in [-0.3, -0.25) is 4.99 Å². The first-order valence-electron chi connectivity index (χ1n) is 4.78. The van der Waals surface area contributed by atoms with Crippen molar-refractivity contribution in [1.82, 2.24) is 0 Å². The van der Waals surface area contributed by atoms with Gasteiger partial charge in [-0.1, -0.05) is 33.8 Å². The molecule has 0 bridgehead atoms. The Morgan fingerprint density at radius 3 is 2.62 bits per heavy atom. The summed E-state index contributed by atoms with van der Waals surface area (Å²) in [5.41, 5.74) is 0.338. The zero-order valence-corrected chi connectivity index (χ0v) is 10.4. The fraction of sp³-hybridized carbons (Fsp3) is 0.727. The number of aliphatic imine (C=N–C) groups is 1. The smallest absolute Gasteiger partial charge is 0.0428 e. The lowest BCUT2D eigenvalue weighted by Crippen LogP contribution is -2.28. The summed E-state index contributed by atoms with van der Waals surface area (Å²) in [6.45, 7) is 10.1. The monoisotopic (exact) mass is 243 g/mol. The normalized spacial score (nSPS) is 29.8. The van der Waals surface area contributed by atoms with E-state index in [-0.39, 0.29) is 0 Å². The molecule has 0 saturated heterocycles. The minimum atomic E-state index is 0.338. The number of hydrogen-bond acceptors (Lipinski definition) is 1. The van der Waals surface area contributed by atoms with E-state index in [1.165, 1.54) is 0 Å². The van der Waals surface area contributed by atoms with Crippen molar-refractivity contribution in [2.75, 3.05) is 6.54 Å². The van der Waals surface area contributed by atoms with Gasteiger partial charge in [0.1, 0.15) is 0 Å². The molecule has 0 aromatic carbocycles. The van der Waals surface area contributed by atoms with Gasteiger partial charge in [-0.15, -0.1) is 0 Å². The molecule has 1 aliphatic heterocycles. The Kier molecular flexibility index (Phi) is 3.33. The van der Waals surface area contributed by atoms with Crippen molar-refractivity contribution in [3.63, 3.8) is 0 Å². The van der Waals surface area contributed by atoms with Gasteiger partial charge < -0.3 is 0 Å². The lowest BCUT2D eigenvalue weighted by atomic mass is 9.74. The van der Waals surface area contributed by atoms with Crippen LogP contribution in [0, 0.1) is 17.3 Å². The topological polar surface area (TPSA) is 12.4 Å². The molecule has 0 aromatic heterocycles. The van der Waals surface area contributed by atoms with Crippen LogP contribution in [0.15, 0.2) is 15.6 Å². The minimum absolute atomic E-state index is 0.338. The summed E-state index contributed by atoms with van der Waals surface area (Å²) >= 11 is 3.48. The van der Waals surface area contributed by atoms with Crippen LogP contribution in [-0.4, -0.2) is 12.8 Å². The first-order chi connectivity index (χ1) is 5.91. The molecule has 0 aromatic rings. The van der Waals surface area contributed by atoms with Crippen LogP contribution >= 0.6 is 15.9 Å². The molecule has 13 heavy (non-hydrogen) atoms. The number of allylic oxidation sites excluding steroid dienone is 2. The van der Waals surface area contributed by atoms with Gasteiger partial charge in [0, 0.05) is 17.2 Å². The highest BCUT2D eigenvalue weighted by atomic mass is 79.9. The van der Waals surface area contributed by atoms with Gasteiger partial charge in [-0.25, -0.2) is 0 Å². The Bertz CT molecular complexity index is 235. The summed E-state index contributed by atoms with van der Waals surface area (Å²) in [7, 11) is 0. The van der Waals surface area contributed by atoms with Crippen LogP contribution in [0.25, 0.3) is 0 Å². The number of hydrogen-bond donors (Lipinski definition) is 0. The van der Waals surface area contributed by atoms with Crippen molar-refractivity contribution >= 4 is 22.1 Å². The zero-order valence-electron chi connectivity index (χ0n) is 8.84. The van der Waals surface area contributed by atoms with Crippen LogP contribution in [0.5, 0.6) is 0 Å². The van der Waals surface area contributed by atoms with Crippen LogP contribution in [0.2, 0.25) is 0 Å². The minimum Gasteiger partial charge on any atom is -0.292 e. The van der Waals surface area contributed by atoms with E-state index in [2.05, 4.69) is 54.7 Å². The van der Waals surface area contributed by atoms with Crippen molar-refractivity contribution in [1.29, 1.82) is 0 Å². The Morgan fingerprint density at radius 1 is 1.46 bits per heavy atom. The van der Waals surface area contributed by atoms with Gasteiger partial charge in [0.25, 0.3) is 0 Å². The molecule has 2 heteroatoms. The Labute approximate surface area is 89.5 Å². The molecule has 1 nitrogen and oxygen atoms in total. The van der Waals surface area contributed by atoms with Crippen molar-refractivity contribution in [3.8, 4) is 0 Å². The Balaban J connectivity index is 2.84. The highest BCUT2D eigenvalue weighted by Crippen LogP contribution is 2.34. The van der Waals surface area contributed by atoms with Gasteiger partial charge in [-0.2, -0.15) is 0 Å². The molecular formula is C11H18BrN. The first kappa shape index (κ1) is 11.0. The van der Waals surface area contributed by atoms with E-state index in [4.69, 9.17) is 0 Å². The Morgan fingerprint density at radius 2 is 2.08 bits per heavy atom. The average Bonchev–Trinajstić information content (AvgIpc) is 2.08. The summed E-state index contributed by atoms with van der Waals surface area (Å²) in [6.07, 6.45) is 4.18. The fourth-order valence-corrected chi connectivity index (χ4v) is 2.45. The molecule has 2 atom stereocenters. The van der Waals surface area contributed by atoms with Crippen LogP contribution in [-0.2, 0) is 0 Å². The second-order valence-electron chi connectivity index (χ2n) is 4.88. The molecular weight excluding hydrogens is 226 g/mol. The quantitative estimate of drug-likeness (QED) is 0.616. The Hall–Kier alpha value is -0.110. The molecule has 0 fully saturated rings. The van der Waals surface area contributed by atoms with Gasteiger partial charge in [0.15, 0.2) is 0 Å². The zero-order chi connectivity index (χ0) is 10.1. The van der Waals surface area contributed by atoms with Crippen molar-refractivity contribution < 1.29 is 0 Å². The highest BCUT2D eigenvalue weighted by Gasteiger charge is 2.29. The third kappa shape index (κ3) is 2.94. The maximum Gasteiger partial charge on any atom is 0.0428 e. The predicted octanol–water partition coefficient (Wildman–Crippen LogP) is 3.65. The summed E-state index contributed by atoms with van der Waals surface area (Å²) < 4.78 is 1.12. The molecule has 0 N–H and O–H groups in total. The van der Waals surface area contributed by atoms with E-state index in [9.17, 15) is 0 Å². The van der Waals surface area contributed by atoms with E-state index < -0.39 is 0 Å². The van der Waals surface area contributed by atoms with Crippen molar-refractivity contribution in [3.05, 3.63) is 10.6 Å². The van der Waals surface area contributed by atoms with E-state index in [1.54, 1.807) is 0 Å². The predicted molar refractivity (Wildman–Crippen MR) is 62.5 cm³/mol. The van der Waals surface area contributed by atoms with Gasteiger partial charge in [0.2, 0.25) is 0 Å². The third-order valence-electron chi connectivity index (χ3n) is 2.69. The fourth-order valence-electron chi connectivity index (χ4n) is 1.89. The largest absolute Gasteiger partial charge is 0.292 e. The van der Waals surface area contributed by atoms with Gasteiger partial charge in [0.05, 0.1) is 0 Å². The summed E-state index contributed by atoms with van der Waals surface area (Å²) in [4.78, 5) is 4.41. The molecule has 0 saturated carbocycles. The van der Waals surface area contributed by atoms with Crippen molar-refractivity contribution in [2.45, 2.75) is 27.7 Å². The van der Waals surface area contributed by atoms with E-state index in [0.29, 0.717) is 17.3 Å². The second kappa shape index (κ2) is 3.95. The molecule has 0 radical (unpaired) electrons.